The Hall–Kier alpha value is 2.39. The molecule has 0 N–H and O–H groups in total. The van der Waals surface area contributed by atoms with Crippen LogP contribution in [0.25, 0.3) is 4.65 Å². The summed E-state index contributed by atoms with van der Waals surface area (Å²) in [5.74, 6) is 0. The Morgan fingerprint density at radius 1 is 0.727 bits per heavy atom. The second-order valence-electron chi connectivity index (χ2n) is 4.45. The van der Waals surface area contributed by atoms with E-state index in [2.05, 4.69) is 39.3 Å². The third-order valence-electron chi connectivity index (χ3n) is 0.671. The Balaban J connectivity index is -0.000000320. The van der Waals surface area contributed by atoms with Crippen LogP contribution in [0.5, 0.6) is 0 Å². The first-order valence-electron chi connectivity index (χ1n) is 3.45. The zero-order chi connectivity index (χ0) is 7.71. The van der Waals surface area contributed by atoms with Gasteiger partial charge in [-0.2, -0.15) is 0 Å². The van der Waals surface area contributed by atoms with E-state index in [1.807, 2.05) is 0 Å². The van der Waals surface area contributed by atoms with E-state index in [9.17, 15) is 0 Å². The van der Waals surface area contributed by atoms with Crippen molar-refractivity contribution in [2.45, 2.75) is 39.3 Å². The van der Waals surface area contributed by atoms with Gasteiger partial charge in [0.05, 0.1) is 0 Å². The molecule has 0 saturated carbocycles. The third kappa shape index (κ3) is 19.0. The smallest absolute Gasteiger partial charge is 0.668 e. The van der Waals surface area contributed by atoms with Gasteiger partial charge >= 0.3 is 29.6 Å². The van der Waals surface area contributed by atoms with Gasteiger partial charge in [-0.15, -0.1) is 0 Å². The predicted octanol–water partition coefficient (Wildman–Crippen LogP) is -0.347. The van der Waals surface area contributed by atoms with Crippen molar-refractivity contribution >= 4 is 46.0 Å². The summed E-state index contributed by atoms with van der Waals surface area (Å²) in [4.78, 5) is 0. The van der Waals surface area contributed by atoms with Gasteiger partial charge in [0.2, 0.25) is 0 Å². The second-order valence-corrected chi connectivity index (χ2v) is 14.0. The normalized spacial score (nSPS) is 11.5. The monoisotopic (exact) mass is 206 g/mol. The van der Waals surface area contributed by atoms with Crippen molar-refractivity contribution in [2.24, 2.45) is 0 Å². The summed E-state index contributed by atoms with van der Waals surface area (Å²) in [7, 11) is -2.21. The van der Waals surface area contributed by atoms with Gasteiger partial charge in [0.15, 0.2) is 0 Å². The zero-order valence-electron chi connectivity index (χ0n) is 9.45. The zero-order valence-corrected chi connectivity index (χ0v) is 15.4. The molecule has 11 heavy (non-hydrogen) atoms. The largest absolute Gasteiger partial charge is 1.00 e. The van der Waals surface area contributed by atoms with Crippen molar-refractivity contribution in [3.63, 3.8) is 0 Å². The fourth-order valence-corrected chi connectivity index (χ4v) is 9.06. The van der Waals surface area contributed by atoms with Gasteiger partial charge in [-0.25, -0.2) is 0 Å². The van der Waals surface area contributed by atoms with Crippen LogP contribution in [0.15, 0.2) is 0 Å². The summed E-state index contributed by atoms with van der Waals surface area (Å²) in [5.41, 5.74) is 0. The Kier molecular flexibility index (Phi) is 11.8. The van der Waals surface area contributed by atoms with E-state index in [0.717, 1.165) is 0 Å². The fourth-order valence-electron chi connectivity index (χ4n) is 1.01. The van der Waals surface area contributed by atoms with Gasteiger partial charge in [-0.1, -0.05) is 55.8 Å². The molecule has 0 bridgehead atoms. The average molecular weight is 206 g/mol. The van der Waals surface area contributed by atoms with Gasteiger partial charge < -0.3 is 4.65 Å². The molecule has 0 amide bonds. The summed E-state index contributed by atoms with van der Waals surface area (Å²) < 4.78 is 4.82. The molecule has 0 aromatic rings. The standard InChI is InChI=1S/C6H18NSi2.2Na/c1-8(2,3)7-9(4,5)6;;/h1-6H3;;/q-1;;+1. The SMILES string of the molecule is C[Si](C)(C)[N-][Si](C)(C)C.[Na+].[Na]. The van der Waals surface area contributed by atoms with E-state index < -0.39 is 16.5 Å². The molecule has 0 spiro atoms. The molecule has 0 atom stereocenters. The van der Waals surface area contributed by atoms with E-state index >= 15 is 0 Å². The molecule has 5 heteroatoms. The first kappa shape index (κ1) is 19.0. The maximum atomic E-state index is 4.82. The number of hydrogen-bond donors (Lipinski definition) is 0. The van der Waals surface area contributed by atoms with Gasteiger partial charge in [0.25, 0.3) is 0 Å². The quantitative estimate of drug-likeness (QED) is 0.549. The van der Waals surface area contributed by atoms with Crippen molar-refractivity contribution < 1.29 is 29.6 Å². The average Bonchev–Trinajstić information content (AvgIpc) is 1.14. The summed E-state index contributed by atoms with van der Waals surface area (Å²) in [6.45, 7) is 13.8. The first-order valence-corrected chi connectivity index (χ1v) is 10.3. The van der Waals surface area contributed by atoms with E-state index in [1.165, 1.54) is 0 Å². The minimum atomic E-state index is -1.11. The summed E-state index contributed by atoms with van der Waals surface area (Å²) >= 11 is 0. The topological polar surface area (TPSA) is 14.1 Å². The van der Waals surface area contributed by atoms with Crippen molar-refractivity contribution in [3.05, 3.63) is 4.65 Å². The summed E-state index contributed by atoms with van der Waals surface area (Å²) in [5, 5.41) is 0. The second kappa shape index (κ2) is 6.79. The van der Waals surface area contributed by atoms with E-state index in [4.69, 9.17) is 4.65 Å². The van der Waals surface area contributed by atoms with Crippen LogP contribution in [0.3, 0.4) is 0 Å². The maximum Gasteiger partial charge on any atom is 1.00 e. The Labute approximate surface area is 118 Å². The molecule has 0 aromatic heterocycles. The van der Waals surface area contributed by atoms with Gasteiger partial charge in [-0.3, -0.25) is 0 Å². The first-order chi connectivity index (χ1) is 3.71. The summed E-state index contributed by atoms with van der Waals surface area (Å²) in [6.07, 6.45) is 0. The van der Waals surface area contributed by atoms with Gasteiger partial charge in [0, 0.05) is 29.6 Å². The number of nitrogens with zero attached hydrogens (tertiary/aromatic N) is 1. The fraction of sp³-hybridized carbons (Fsp3) is 1.00. The van der Waals surface area contributed by atoms with Crippen LogP contribution in [0.2, 0.25) is 39.3 Å². The third-order valence-corrected chi connectivity index (χ3v) is 6.04. The van der Waals surface area contributed by atoms with E-state index in [-0.39, 0.29) is 59.1 Å². The molecule has 0 fully saturated rings. The molecule has 57 valence electrons. The number of rotatable bonds is 2. The minimum Gasteiger partial charge on any atom is -0.668 e. The molecule has 0 rings (SSSR count). The predicted molar refractivity (Wildman–Crippen MR) is 55.8 cm³/mol. The molecular weight excluding hydrogens is 188 g/mol. The molecule has 0 aromatic carbocycles. The Morgan fingerprint density at radius 2 is 0.909 bits per heavy atom. The molecule has 1 radical (unpaired) electrons. The molecule has 0 saturated heterocycles. The van der Waals surface area contributed by atoms with E-state index in [0.29, 0.717) is 0 Å². The van der Waals surface area contributed by atoms with Crippen molar-refractivity contribution in [2.75, 3.05) is 0 Å². The van der Waals surface area contributed by atoms with Crippen molar-refractivity contribution in [1.82, 2.24) is 0 Å². The van der Waals surface area contributed by atoms with Crippen molar-refractivity contribution in [1.29, 1.82) is 0 Å². The maximum absolute atomic E-state index is 4.82. The molecular formula is C6H18NNa2Si2. The van der Waals surface area contributed by atoms with E-state index in [1.54, 1.807) is 0 Å². The molecule has 0 unspecified atom stereocenters. The molecule has 0 heterocycles. The molecule has 0 aliphatic carbocycles. The minimum absolute atomic E-state index is 0. The number of hydrogen-bond acceptors (Lipinski definition) is 0. The molecule has 1 nitrogen and oxygen atoms in total. The van der Waals surface area contributed by atoms with Crippen LogP contribution in [0.1, 0.15) is 0 Å². The van der Waals surface area contributed by atoms with Crippen molar-refractivity contribution in [3.8, 4) is 0 Å². The Bertz CT molecular complexity index is 83.7. The van der Waals surface area contributed by atoms with Crippen LogP contribution in [0.4, 0.5) is 0 Å². The van der Waals surface area contributed by atoms with Crippen LogP contribution in [-0.2, 0) is 0 Å². The van der Waals surface area contributed by atoms with Crippen LogP contribution in [0, 0.1) is 0 Å². The summed E-state index contributed by atoms with van der Waals surface area (Å²) in [6, 6.07) is 0. The molecule has 0 aliphatic rings. The Morgan fingerprint density at radius 3 is 0.909 bits per heavy atom. The van der Waals surface area contributed by atoms with Gasteiger partial charge in [-0.05, 0) is 0 Å². The van der Waals surface area contributed by atoms with Gasteiger partial charge in [0.1, 0.15) is 0 Å². The van der Waals surface area contributed by atoms with Crippen LogP contribution >= 0.6 is 0 Å². The van der Waals surface area contributed by atoms with Crippen LogP contribution < -0.4 is 29.6 Å². The van der Waals surface area contributed by atoms with Crippen LogP contribution in [-0.4, -0.2) is 46.0 Å². The molecule has 0 aliphatic heterocycles.